The minimum absolute atomic E-state index is 0.160. The van der Waals surface area contributed by atoms with Crippen LogP contribution in [0.4, 0.5) is 0 Å². The van der Waals surface area contributed by atoms with Crippen LogP contribution in [0.5, 0.6) is 11.5 Å². The molecule has 0 fully saturated rings. The molecule has 0 spiro atoms. The molecule has 4 heteroatoms. The van der Waals surface area contributed by atoms with E-state index in [2.05, 4.69) is 0 Å². The van der Waals surface area contributed by atoms with Gasteiger partial charge in [-0.2, -0.15) is 0 Å². The van der Waals surface area contributed by atoms with Crippen molar-refractivity contribution in [2.24, 2.45) is 0 Å². The third kappa shape index (κ3) is 4.28. The standard InChI is InChI=1S/C14H20O4/c1-3-18-13(15)10-5-4-7-11-8-6-9-12(17-2)14(11)16/h6,8-9,16H,3-5,7,10H2,1-2H3. The molecular formula is C14H20O4. The van der Waals surface area contributed by atoms with Crippen LogP contribution in [-0.4, -0.2) is 24.8 Å². The lowest BCUT2D eigenvalue weighted by molar-refractivity contribution is -0.143. The van der Waals surface area contributed by atoms with Crippen LogP contribution in [0, 0.1) is 0 Å². The smallest absolute Gasteiger partial charge is 0.305 e. The maximum atomic E-state index is 11.1. The van der Waals surface area contributed by atoms with Gasteiger partial charge in [0.25, 0.3) is 0 Å². The molecule has 1 N–H and O–H groups in total. The summed E-state index contributed by atoms with van der Waals surface area (Å²) in [5.74, 6) is 0.515. The van der Waals surface area contributed by atoms with Gasteiger partial charge in [0.05, 0.1) is 13.7 Å². The lowest BCUT2D eigenvalue weighted by Gasteiger charge is -2.08. The molecule has 4 nitrogen and oxygen atoms in total. The summed E-state index contributed by atoms with van der Waals surface area (Å²) >= 11 is 0. The number of ether oxygens (including phenoxy) is 2. The van der Waals surface area contributed by atoms with Crippen molar-refractivity contribution >= 4 is 5.97 Å². The number of unbranched alkanes of at least 4 members (excludes halogenated alkanes) is 1. The predicted octanol–water partition coefficient (Wildman–Crippen LogP) is 2.68. The fraction of sp³-hybridized carbons (Fsp3) is 0.500. The van der Waals surface area contributed by atoms with Crippen molar-refractivity contribution in [1.82, 2.24) is 0 Å². The summed E-state index contributed by atoms with van der Waals surface area (Å²) in [7, 11) is 1.53. The largest absolute Gasteiger partial charge is 0.504 e. The van der Waals surface area contributed by atoms with Gasteiger partial charge in [0.15, 0.2) is 11.5 Å². The van der Waals surface area contributed by atoms with Crippen LogP contribution in [0.2, 0.25) is 0 Å². The summed E-state index contributed by atoms with van der Waals surface area (Å²) in [5, 5.41) is 9.86. The van der Waals surface area contributed by atoms with Gasteiger partial charge in [-0.3, -0.25) is 4.79 Å². The number of aromatic hydroxyl groups is 1. The molecule has 0 amide bonds. The van der Waals surface area contributed by atoms with E-state index < -0.39 is 0 Å². The number of phenols is 1. The van der Waals surface area contributed by atoms with Gasteiger partial charge < -0.3 is 14.6 Å². The number of methoxy groups -OCH3 is 1. The van der Waals surface area contributed by atoms with Gasteiger partial charge in [0.1, 0.15) is 0 Å². The summed E-state index contributed by atoms with van der Waals surface area (Å²) in [6.45, 7) is 2.22. The Morgan fingerprint density at radius 1 is 1.33 bits per heavy atom. The van der Waals surface area contributed by atoms with Crippen LogP contribution in [-0.2, 0) is 16.0 Å². The molecule has 0 aliphatic rings. The molecular weight excluding hydrogens is 232 g/mol. The van der Waals surface area contributed by atoms with Crippen molar-refractivity contribution in [2.75, 3.05) is 13.7 Å². The Morgan fingerprint density at radius 3 is 2.78 bits per heavy atom. The highest BCUT2D eigenvalue weighted by Crippen LogP contribution is 2.30. The quantitative estimate of drug-likeness (QED) is 0.598. The lowest BCUT2D eigenvalue weighted by Crippen LogP contribution is -2.03. The van der Waals surface area contributed by atoms with Gasteiger partial charge in [-0.25, -0.2) is 0 Å². The van der Waals surface area contributed by atoms with Crippen molar-refractivity contribution < 1.29 is 19.4 Å². The molecule has 0 atom stereocenters. The number of rotatable bonds is 7. The minimum Gasteiger partial charge on any atom is -0.504 e. The second kappa shape index (κ2) is 7.58. The average Bonchev–Trinajstić information content (AvgIpc) is 2.36. The van der Waals surface area contributed by atoms with Gasteiger partial charge in [0, 0.05) is 6.42 Å². The molecule has 1 rings (SSSR count). The normalized spacial score (nSPS) is 10.1. The maximum absolute atomic E-state index is 11.1. The van der Waals surface area contributed by atoms with Gasteiger partial charge in [-0.1, -0.05) is 12.1 Å². The Hall–Kier alpha value is -1.71. The number of para-hydroxylation sites is 1. The molecule has 0 saturated carbocycles. The number of carbonyl (C=O) groups excluding carboxylic acids is 1. The zero-order valence-electron chi connectivity index (χ0n) is 10.9. The first-order valence-corrected chi connectivity index (χ1v) is 6.19. The summed E-state index contributed by atoms with van der Waals surface area (Å²) in [5.41, 5.74) is 0.846. The molecule has 0 unspecified atom stereocenters. The first kappa shape index (κ1) is 14.4. The van der Waals surface area contributed by atoms with E-state index in [1.807, 2.05) is 12.1 Å². The second-order valence-corrected chi connectivity index (χ2v) is 3.98. The fourth-order valence-electron chi connectivity index (χ4n) is 1.75. The second-order valence-electron chi connectivity index (χ2n) is 3.98. The number of carbonyl (C=O) groups is 1. The third-order valence-corrected chi connectivity index (χ3v) is 2.68. The molecule has 18 heavy (non-hydrogen) atoms. The molecule has 0 radical (unpaired) electrons. The fourth-order valence-corrected chi connectivity index (χ4v) is 1.75. The van der Waals surface area contributed by atoms with Crippen molar-refractivity contribution in [1.29, 1.82) is 0 Å². The zero-order chi connectivity index (χ0) is 13.4. The molecule has 100 valence electrons. The molecule has 1 aromatic rings. The molecule has 0 saturated heterocycles. The Labute approximate surface area is 108 Å². The zero-order valence-corrected chi connectivity index (χ0v) is 10.9. The van der Waals surface area contributed by atoms with Gasteiger partial charge in [0.2, 0.25) is 0 Å². The van der Waals surface area contributed by atoms with Gasteiger partial charge in [-0.05, 0) is 37.8 Å². The molecule has 0 bridgehead atoms. The first-order chi connectivity index (χ1) is 8.69. The Bertz CT molecular complexity index is 387. The highest BCUT2D eigenvalue weighted by Gasteiger charge is 2.07. The predicted molar refractivity (Wildman–Crippen MR) is 68.8 cm³/mol. The summed E-state index contributed by atoms with van der Waals surface area (Å²) in [6, 6.07) is 5.43. The van der Waals surface area contributed by atoms with Crippen LogP contribution in [0.1, 0.15) is 31.7 Å². The number of esters is 1. The Balaban J connectivity index is 2.38. The van der Waals surface area contributed by atoms with E-state index in [0.717, 1.165) is 24.8 Å². The Kier molecular flexibility index (Phi) is 6.05. The topological polar surface area (TPSA) is 55.8 Å². The summed E-state index contributed by atoms with van der Waals surface area (Å²) in [6.07, 6.45) is 2.75. The van der Waals surface area contributed by atoms with Crippen molar-refractivity contribution in [2.45, 2.75) is 32.6 Å². The van der Waals surface area contributed by atoms with E-state index in [1.165, 1.54) is 7.11 Å². The number of hydrogen-bond donors (Lipinski definition) is 1. The summed E-state index contributed by atoms with van der Waals surface area (Å²) in [4.78, 5) is 11.1. The number of phenolic OH excluding ortho intramolecular Hbond substituents is 1. The molecule has 0 aliphatic heterocycles. The number of hydrogen-bond acceptors (Lipinski definition) is 4. The summed E-state index contributed by atoms with van der Waals surface area (Å²) < 4.78 is 9.88. The van der Waals surface area contributed by atoms with E-state index >= 15 is 0 Å². The van der Waals surface area contributed by atoms with Crippen LogP contribution in [0.3, 0.4) is 0 Å². The maximum Gasteiger partial charge on any atom is 0.305 e. The molecule has 0 heterocycles. The van der Waals surface area contributed by atoms with Crippen LogP contribution < -0.4 is 4.74 Å². The number of benzene rings is 1. The Morgan fingerprint density at radius 2 is 2.11 bits per heavy atom. The average molecular weight is 252 g/mol. The highest BCUT2D eigenvalue weighted by molar-refractivity contribution is 5.69. The van der Waals surface area contributed by atoms with Crippen molar-refractivity contribution in [3.8, 4) is 11.5 Å². The lowest BCUT2D eigenvalue weighted by atomic mass is 10.1. The monoisotopic (exact) mass is 252 g/mol. The molecule has 0 aliphatic carbocycles. The van der Waals surface area contributed by atoms with Gasteiger partial charge in [-0.15, -0.1) is 0 Å². The first-order valence-electron chi connectivity index (χ1n) is 6.19. The third-order valence-electron chi connectivity index (χ3n) is 2.68. The van der Waals surface area contributed by atoms with Crippen LogP contribution >= 0.6 is 0 Å². The number of aryl methyl sites for hydroxylation is 1. The van der Waals surface area contributed by atoms with E-state index in [9.17, 15) is 9.90 Å². The SMILES string of the molecule is CCOC(=O)CCCCc1cccc(OC)c1O. The van der Waals surface area contributed by atoms with Crippen molar-refractivity contribution in [3.05, 3.63) is 23.8 Å². The molecule has 1 aromatic carbocycles. The van der Waals surface area contributed by atoms with E-state index in [1.54, 1.807) is 13.0 Å². The van der Waals surface area contributed by atoms with Crippen LogP contribution in [0.25, 0.3) is 0 Å². The molecule has 0 aromatic heterocycles. The van der Waals surface area contributed by atoms with E-state index in [-0.39, 0.29) is 11.7 Å². The van der Waals surface area contributed by atoms with Gasteiger partial charge >= 0.3 is 5.97 Å². The van der Waals surface area contributed by atoms with E-state index in [4.69, 9.17) is 9.47 Å². The highest BCUT2D eigenvalue weighted by atomic mass is 16.5. The van der Waals surface area contributed by atoms with E-state index in [0.29, 0.717) is 18.8 Å². The van der Waals surface area contributed by atoms with Crippen molar-refractivity contribution in [3.63, 3.8) is 0 Å². The minimum atomic E-state index is -0.160. The van der Waals surface area contributed by atoms with Crippen LogP contribution in [0.15, 0.2) is 18.2 Å².